The van der Waals surface area contributed by atoms with Gasteiger partial charge in [0.1, 0.15) is 5.75 Å². The normalized spacial score (nSPS) is 11.4. The Morgan fingerprint density at radius 2 is 2.08 bits per heavy atom. The van der Waals surface area contributed by atoms with Crippen LogP contribution in [-0.4, -0.2) is 43.5 Å². The monoisotopic (exact) mass is 383 g/mol. The summed E-state index contributed by atoms with van der Waals surface area (Å²) >= 11 is 5.92. The third kappa shape index (κ3) is 5.70. The highest BCUT2D eigenvalue weighted by atomic mass is 35.5. The minimum Gasteiger partial charge on any atom is -0.495 e. The second-order valence-corrected chi connectivity index (χ2v) is 7.66. The molecule has 7 nitrogen and oxygen atoms in total. The number of methoxy groups -OCH3 is 1. The first-order chi connectivity index (χ1) is 11.8. The van der Waals surface area contributed by atoms with Crippen LogP contribution in [-0.2, 0) is 21.4 Å². The lowest BCUT2D eigenvalue weighted by atomic mass is 10.3. The molecule has 0 aliphatic heterocycles. The average Bonchev–Trinajstić information content (AvgIpc) is 2.54. The van der Waals surface area contributed by atoms with Crippen LogP contribution in [0.1, 0.15) is 5.69 Å². The number of rotatable bonds is 7. The average molecular weight is 384 g/mol. The van der Waals surface area contributed by atoms with E-state index < -0.39 is 15.9 Å². The molecule has 0 atom stereocenters. The number of pyridine rings is 1. The molecule has 0 aliphatic rings. The molecular weight excluding hydrogens is 366 g/mol. The van der Waals surface area contributed by atoms with Gasteiger partial charge in [0.25, 0.3) is 0 Å². The summed E-state index contributed by atoms with van der Waals surface area (Å²) in [6, 6.07) is 9.93. The van der Waals surface area contributed by atoms with Gasteiger partial charge in [-0.1, -0.05) is 17.7 Å². The van der Waals surface area contributed by atoms with Crippen LogP contribution in [0, 0.1) is 0 Å². The highest BCUT2D eigenvalue weighted by molar-refractivity contribution is 7.88. The number of halogens is 1. The number of nitrogens with zero attached hydrogens (tertiary/aromatic N) is 2. The molecule has 0 aliphatic carbocycles. The van der Waals surface area contributed by atoms with Crippen molar-refractivity contribution in [2.45, 2.75) is 6.54 Å². The van der Waals surface area contributed by atoms with Gasteiger partial charge in [-0.2, -0.15) is 4.31 Å². The summed E-state index contributed by atoms with van der Waals surface area (Å²) in [5.41, 5.74) is 0.910. The van der Waals surface area contributed by atoms with Crippen molar-refractivity contribution in [3.63, 3.8) is 0 Å². The zero-order chi connectivity index (χ0) is 18.4. The maximum Gasteiger partial charge on any atom is 0.239 e. The molecule has 0 fully saturated rings. The molecule has 2 rings (SSSR count). The molecule has 0 unspecified atom stereocenters. The summed E-state index contributed by atoms with van der Waals surface area (Å²) < 4.78 is 30.1. The molecule has 0 bridgehead atoms. The fraction of sp³-hybridized carbons (Fsp3) is 0.250. The molecule has 1 N–H and O–H groups in total. The lowest BCUT2D eigenvalue weighted by Crippen LogP contribution is -2.37. The van der Waals surface area contributed by atoms with E-state index in [-0.39, 0.29) is 13.1 Å². The van der Waals surface area contributed by atoms with Crippen LogP contribution in [0.3, 0.4) is 0 Å². The third-order valence-electron chi connectivity index (χ3n) is 3.29. The van der Waals surface area contributed by atoms with Crippen molar-refractivity contribution in [2.75, 3.05) is 25.2 Å². The standard InChI is InChI=1S/C16H18ClN3O4S/c1-24-15-7-6-12(17)9-14(15)19-16(21)11-20(25(2,22)23)10-13-5-3-4-8-18-13/h3-9H,10-11H2,1-2H3,(H,19,21). The zero-order valence-electron chi connectivity index (χ0n) is 13.8. The summed E-state index contributed by atoms with van der Waals surface area (Å²) in [7, 11) is -2.14. The van der Waals surface area contributed by atoms with Gasteiger partial charge in [0.05, 0.1) is 37.8 Å². The second kappa shape index (κ2) is 8.28. The van der Waals surface area contributed by atoms with Crippen molar-refractivity contribution in [1.82, 2.24) is 9.29 Å². The lowest BCUT2D eigenvalue weighted by molar-refractivity contribution is -0.116. The fourth-order valence-corrected chi connectivity index (χ4v) is 2.98. The number of amides is 1. The molecule has 0 spiro atoms. The fourth-order valence-electron chi connectivity index (χ4n) is 2.09. The van der Waals surface area contributed by atoms with Gasteiger partial charge >= 0.3 is 0 Å². The molecule has 1 heterocycles. The number of hydrogen-bond donors (Lipinski definition) is 1. The highest BCUT2D eigenvalue weighted by Gasteiger charge is 2.21. The maximum absolute atomic E-state index is 12.3. The van der Waals surface area contributed by atoms with E-state index in [9.17, 15) is 13.2 Å². The largest absolute Gasteiger partial charge is 0.495 e. The van der Waals surface area contributed by atoms with Gasteiger partial charge < -0.3 is 10.1 Å². The van der Waals surface area contributed by atoms with Gasteiger partial charge in [-0.05, 0) is 30.3 Å². The van der Waals surface area contributed by atoms with Gasteiger partial charge in [0, 0.05) is 11.2 Å². The molecule has 1 aromatic carbocycles. The van der Waals surface area contributed by atoms with Crippen LogP contribution >= 0.6 is 11.6 Å². The predicted octanol–water partition coefficient (Wildman–Crippen LogP) is 2.14. The zero-order valence-corrected chi connectivity index (χ0v) is 15.3. The van der Waals surface area contributed by atoms with Crippen molar-refractivity contribution in [1.29, 1.82) is 0 Å². The number of carbonyl (C=O) groups is 1. The minimum atomic E-state index is -3.60. The minimum absolute atomic E-state index is 0.000224. The van der Waals surface area contributed by atoms with Gasteiger partial charge in [-0.15, -0.1) is 0 Å². The number of hydrogen-bond acceptors (Lipinski definition) is 5. The number of benzene rings is 1. The number of ether oxygens (including phenoxy) is 1. The van der Waals surface area contributed by atoms with E-state index in [0.29, 0.717) is 22.2 Å². The van der Waals surface area contributed by atoms with E-state index in [0.717, 1.165) is 10.6 Å². The Labute approximate surface area is 151 Å². The van der Waals surface area contributed by atoms with Crippen LogP contribution in [0.2, 0.25) is 5.02 Å². The van der Waals surface area contributed by atoms with Crippen molar-refractivity contribution in [3.05, 3.63) is 53.3 Å². The summed E-state index contributed by atoms with van der Waals surface area (Å²) in [4.78, 5) is 16.4. The number of nitrogens with one attached hydrogen (secondary N) is 1. The van der Waals surface area contributed by atoms with E-state index in [2.05, 4.69) is 10.3 Å². The van der Waals surface area contributed by atoms with Crippen molar-refractivity contribution in [2.24, 2.45) is 0 Å². The molecule has 2 aromatic rings. The van der Waals surface area contributed by atoms with Crippen LogP contribution in [0.5, 0.6) is 5.75 Å². The maximum atomic E-state index is 12.3. The number of sulfonamides is 1. The SMILES string of the molecule is COc1ccc(Cl)cc1NC(=O)CN(Cc1ccccn1)S(C)(=O)=O. The highest BCUT2D eigenvalue weighted by Crippen LogP contribution is 2.27. The Bertz CT molecular complexity index is 844. The number of anilines is 1. The molecule has 0 saturated heterocycles. The van der Waals surface area contributed by atoms with Gasteiger partial charge in [0.2, 0.25) is 15.9 Å². The molecule has 1 aromatic heterocycles. The molecule has 1 amide bonds. The lowest BCUT2D eigenvalue weighted by Gasteiger charge is -2.19. The molecule has 134 valence electrons. The Morgan fingerprint density at radius 1 is 1.32 bits per heavy atom. The molecular formula is C16H18ClN3O4S. The van der Waals surface area contributed by atoms with Gasteiger partial charge in [0.15, 0.2) is 0 Å². The van der Waals surface area contributed by atoms with Gasteiger partial charge in [-0.3, -0.25) is 9.78 Å². The van der Waals surface area contributed by atoms with Gasteiger partial charge in [-0.25, -0.2) is 8.42 Å². The smallest absolute Gasteiger partial charge is 0.239 e. The quantitative estimate of drug-likeness (QED) is 0.791. The van der Waals surface area contributed by atoms with E-state index in [4.69, 9.17) is 16.3 Å². The summed E-state index contributed by atoms with van der Waals surface area (Å²) in [6.45, 7) is -0.356. The van der Waals surface area contributed by atoms with Crippen LogP contribution in [0.15, 0.2) is 42.6 Å². The van der Waals surface area contributed by atoms with E-state index in [1.54, 1.807) is 36.5 Å². The number of aromatic nitrogens is 1. The Morgan fingerprint density at radius 3 is 2.68 bits per heavy atom. The van der Waals surface area contributed by atoms with E-state index in [1.165, 1.54) is 13.2 Å². The third-order valence-corrected chi connectivity index (χ3v) is 4.72. The van der Waals surface area contributed by atoms with Crippen LogP contribution in [0.4, 0.5) is 5.69 Å². The Kier molecular flexibility index (Phi) is 6.35. The first-order valence-corrected chi connectivity index (χ1v) is 9.50. The Hall–Kier alpha value is -2.16. The second-order valence-electron chi connectivity index (χ2n) is 5.24. The van der Waals surface area contributed by atoms with E-state index in [1.807, 2.05) is 0 Å². The Balaban J connectivity index is 2.14. The first kappa shape index (κ1) is 19.2. The van der Waals surface area contributed by atoms with Crippen molar-refractivity contribution >= 4 is 33.2 Å². The van der Waals surface area contributed by atoms with E-state index >= 15 is 0 Å². The first-order valence-electron chi connectivity index (χ1n) is 7.28. The topological polar surface area (TPSA) is 88.6 Å². The summed E-state index contributed by atoms with van der Waals surface area (Å²) in [5, 5.41) is 3.04. The van der Waals surface area contributed by atoms with Crippen LogP contribution < -0.4 is 10.1 Å². The molecule has 25 heavy (non-hydrogen) atoms. The number of carbonyl (C=O) groups excluding carboxylic acids is 1. The summed E-state index contributed by atoms with van der Waals surface area (Å²) in [6.07, 6.45) is 2.61. The molecule has 0 saturated carbocycles. The molecule has 0 radical (unpaired) electrons. The van der Waals surface area contributed by atoms with Crippen molar-refractivity contribution in [3.8, 4) is 5.75 Å². The van der Waals surface area contributed by atoms with Crippen molar-refractivity contribution < 1.29 is 17.9 Å². The summed E-state index contributed by atoms with van der Waals surface area (Å²) in [5.74, 6) is -0.0877. The van der Waals surface area contributed by atoms with Crippen LogP contribution in [0.25, 0.3) is 0 Å². The molecule has 9 heteroatoms. The predicted molar refractivity (Wildman–Crippen MR) is 96.1 cm³/mol.